The highest BCUT2D eigenvalue weighted by Gasteiger charge is 2.29. The maximum absolute atomic E-state index is 5.92. The average Bonchev–Trinajstić information content (AvgIpc) is 2.31. The Bertz CT molecular complexity index is 166. The van der Waals surface area contributed by atoms with Gasteiger partial charge in [-0.15, -0.1) is 0 Å². The van der Waals surface area contributed by atoms with Crippen LogP contribution in [0.3, 0.4) is 0 Å². The molecule has 2 nitrogen and oxygen atoms in total. The topological polar surface area (TPSA) is 29.3 Å². The molecule has 15 heavy (non-hydrogen) atoms. The Morgan fingerprint density at radius 3 is 2.40 bits per heavy atom. The van der Waals surface area contributed by atoms with Gasteiger partial charge in [0.25, 0.3) is 0 Å². The molecule has 1 fully saturated rings. The lowest BCUT2D eigenvalue weighted by atomic mass is 9.87. The molecule has 0 aromatic heterocycles. The molecule has 0 aromatic carbocycles. The van der Waals surface area contributed by atoms with Crippen LogP contribution >= 0.6 is 0 Å². The van der Waals surface area contributed by atoms with Gasteiger partial charge in [0.15, 0.2) is 0 Å². The number of hydrogen-bond donors (Lipinski definition) is 1. The van der Waals surface area contributed by atoms with Crippen molar-refractivity contribution in [2.45, 2.75) is 65.0 Å². The van der Waals surface area contributed by atoms with Gasteiger partial charge in [-0.25, -0.2) is 0 Å². The smallest absolute Gasteiger partial charge is 0.0223 e. The van der Waals surface area contributed by atoms with Gasteiger partial charge in [-0.1, -0.05) is 27.2 Å². The maximum Gasteiger partial charge on any atom is 0.0223 e. The number of nitrogens with zero attached hydrogens (tertiary/aromatic N) is 1. The molecular formula is C13H28N2. The summed E-state index contributed by atoms with van der Waals surface area (Å²) >= 11 is 0. The van der Waals surface area contributed by atoms with Crippen molar-refractivity contribution in [3.05, 3.63) is 0 Å². The van der Waals surface area contributed by atoms with Crippen LogP contribution in [0.5, 0.6) is 0 Å². The molecule has 0 aliphatic carbocycles. The van der Waals surface area contributed by atoms with E-state index in [2.05, 4.69) is 25.7 Å². The SMILES string of the molecule is CCC1CCN(C(CC)CC)C(CN)C1. The molecule has 0 bridgehead atoms. The Labute approximate surface area is 95.2 Å². The van der Waals surface area contributed by atoms with Crippen LogP contribution in [0.15, 0.2) is 0 Å². The summed E-state index contributed by atoms with van der Waals surface area (Å²) in [5, 5.41) is 0. The molecule has 0 saturated carbocycles. The van der Waals surface area contributed by atoms with Crippen molar-refractivity contribution >= 4 is 0 Å². The lowest BCUT2D eigenvalue weighted by Gasteiger charge is -2.43. The number of rotatable bonds is 5. The predicted octanol–water partition coefficient (Wildman–Crippen LogP) is 2.62. The molecule has 0 spiro atoms. The average molecular weight is 212 g/mol. The van der Waals surface area contributed by atoms with Crippen LogP contribution in [-0.2, 0) is 0 Å². The third-order valence-corrected chi connectivity index (χ3v) is 4.13. The monoisotopic (exact) mass is 212 g/mol. The Morgan fingerprint density at radius 1 is 1.27 bits per heavy atom. The van der Waals surface area contributed by atoms with Crippen LogP contribution in [0.25, 0.3) is 0 Å². The van der Waals surface area contributed by atoms with E-state index in [1.54, 1.807) is 0 Å². The fourth-order valence-electron chi connectivity index (χ4n) is 2.99. The summed E-state index contributed by atoms with van der Waals surface area (Å²) in [6.07, 6.45) is 6.56. The van der Waals surface area contributed by atoms with Crippen molar-refractivity contribution in [1.29, 1.82) is 0 Å². The molecule has 2 atom stereocenters. The molecule has 1 saturated heterocycles. The highest BCUT2D eigenvalue weighted by molar-refractivity contribution is 4.85. The summed E-state index contributed by atoms with van der Waals surface area (Å²) in [7, 11) is 0. The minimum Gasteiger partial charge on any atom is -0.329 e. The normalized spacial score (nSPS) is 28.6. The van der Waals surface area contributed by atoms with Gasteiger partial charge in [-0.2, -0.15) is 0 Å². The standard InChI is InChI=1S/C13H28N2/c1-4-11-7-8-15(12(5-2)6-3)13(9-11)10-14/h11-13H,4-10,14H2,1-3H3. The second kappa shape index (κ2) is 6.49. The zero-order chi connectivity index (χ0) is 11.3. The van der Waals surface area contributed by atoms with E-state index in [1.807, 2.05) is 0 Å². The molecule has 0 radical (unpaired) electrons. The number of likely N-dealkylation sites (tertiary alicyclic amines) is 1. The fraction of sp³-hybridized carbons (Fsp3) is 1.00. The van der Waals surface area contributed by atoms with Crippen LogP contribution in [0.4, 0.5) is 0 Å². The molecule has 1 heterocycles. The fourth-order valence-corrected chi connectivity index (χ4v) is 2.99. The first-order chi connectivity index (χ1) is 7.26. The van der Waals surface area contributed by atoms with E-state index in [0.717, 1.165) is 18.5 Å². The third kappa shape index (κ3) is 3.18. The van der Waals surface area contributed by atoms with E-state index in [9.17, 15) is 0 Å². The van der Waals surface area contributed by atoms with E-state index in [1.165, 1.54) is 38.6 Å². The van der Waals surface area contributed by atoms with Gasteiger partial charge in [0.05, 0.1) is 0 Å². The molecule has 2 unspecified atom stereocenters. The predicted molar refractivity (Wildman–Crippen MR) is 66.9 cm³/mol. The molecule has 1 rings (SSSR count). The molecule has 2 N–H and O–H groups in total. The van der Waals surface area contributed by atoms with Crippen LogP contribution in [0, 0.1) is 5.92 Å². The molecule has 0 aromatic rings. The summed E-state index contributed by atoms with van der Waals surface area (Å²) < 4.78 is 0. The van der Waals surface area contributed by atoms with Gasteiger partial charge in [0, 0.05) is 18.6 Å². The minimum absolute atomic E-state index is 0.647. The van der Waals surface area contributed by atoms with E-state index in [-0.39, 0.29) is 0 Å². The van der Waals surface area contributed by atoms with Crippen molar-refractivity contribution in [3.63, 3.8) is 0 Å². The second-order valence-corrected chi connectivity index (χ2v) is 4.90. The lowest BCUT2D eigenvalue weighted by Crippen LogP contribution is -2.51. The Hall–Kier alpha value is -0.0800. The van der Waals surface area contributed by atoms with Crippen molar-refractivity contribution in [1.82, 2.24) is 4.90 Å². The Balaban J connectivity index is 2.56. The number of nitrogens with two attached hydrogens (primary N) is 1. The summed E-state index contributed by atoms with van der Waals surface area (Å²) in [5.41, 5.74) is 5.92. The number of hydrogen-bond acceptors (Lipinski definition) is 2. The quantitative estimate of drug-likeness (QED) is 0.759. The van der Waals surface area contributed by atoms with Crippen LogP contribution in [0.1, 0.15) is 52.9 Å². The number of piperidine rings is 1. The molecule has 1 aliphatic heterocycles. The van der Waals surface area contributed by atoms with Crippen molar-refractivity contribution < 1.29 is 0 Å². The van der Waals surface area contributed by atoms with Crippen molar-refractivity contribution in [2.24, 2.45) is 11.7 Å². The van der Waals surface area contributed by atoms with Gasteiger partial charge in [0.2, 0.25) is 0 Å². The zero-order valence-corrected chi connectivity index (χ0v) is 10.7. The first-order valence-electron chi connectivity index (χ1n) is 6.72. The van der Waals surface area contributed by atoms with E-state index >= 15 is 0 Å². The third-order valence-electron chi connectivity index (χ3n) is 4.13. The molecule has 0 amide bonds. The molecule has 90 valence electrons. The van der Waals surface area contributed by atoms with E-state index in [0.29, 0.717) is 6.04 Å². The van der Waals surface area contributed by atoms with Gasteiger partial charge < -0.3 is 5.73 Å². The van der Waals surface area contributed by atoms with Crippen LogP contribution < -0.4 is 5.73 Å². The van der Waals surface area contributed by atoms with Gasteiger partial charge >= 0.3 is 0 Å². The minimum atomic E-state index is 0.647. The first-order valence-corrected chi connectivity index (χ1v) is 6.72. The summed E-state index contributed by atoms with van der Waals surface area (Å²) in [4.78, 5) is 2.67. The van der Waals surface area contributed by atoms with Gasteiger partial charge in [0.1, 0.15) is 0 Å². The molecular weight excluding hydrogens is 184 g/mol. The van der Waals surface area contributed by atoms with Gasteiger partial charge in [-0.05, 0) is 38.1 Å². The van der Waals surface area contributed by atoms with E-state index < -0.39 is 0 Å². The second-order valence-electron chi connectivity index (χ2n) is 4.90. The molecule has 2 heteroatoms. The van der Waals surface area contributed by atoms with Crippen LogP contribution in [-0.4, -0.2) is 30.1 Å². The highest BCUT2D eigenvalue weighted by atomic mass is 15.2. The zero-order valence-electron chi connectivity index (χ0n) is 10.7. The largest absolute Gasteiger partial charge is 0.329 e. The summed E-state index contributed by atoms with van der Waals surface area (Å²) in [5.74, 6) is 0.921. The van der Waals surface area contributed by atoms with E-state index in [4.69, 9.17) is 5.73 Å². The van der Waals surface area contributed by atoms with Crippen LogP contribution in [0.2, 0.25) is 0 Å². The lowest BCUT2D eigenvalue weighted by molar-refractivity contribution is 0.0663. The molecule has 1 aliphatic rings. The summed E-state index contributed by atoms with van der Waals surface area (Å²) in [6.45, 7) is 9.02. The van der Waals surface area contributed by atoms with Crippen molar-refractivity contribution in [3.8, 4) is 0 Å². The highest BCUT2D eigenvalue weighted by Crippen LogP contribution is 2.27. The Kier molecular flexibility index (Phi) is 5.62. The van der Waals surface area contributed by atoms with Crippen molar-refractivity contribution in [2.75, 3.05) is 13.1 Å². The van der Waals surface area contributed by atoms with Gasteiger partial charge in [-0.3, -0.25) is 4.90 Å². The summed E-state index contributed by atoms with van der Waals surface area (Å²) in [6, 6.07) is 1.41. The first kappa shape index (κ1) is 13.0. The Morgan fingerprint density at radius 2 is 1.93 bits per heavy atom. The maximum atomic E-state index is 5.92.